The number of aromatic nitrogens is 4. The third-order valence-corrected chi connectivity index (χ3v) is 6.71. The van der Waals surface area contributed by atoms with Crippen LogP contribution in [0.25, 0.3) is 0 Å². The topological polar surface area (TPSA) is 103 Å². The summed E-state index contributed by atoms with van der Waals surface area (Å²) in [6, 6.07) is 9.87. The highest BCUT2D eigenvalue weighted by molar-refractivity contribution is 7.89. The van der Waals surface area contributed by atoms with E-state index < -0.39 is 10.0 Å². The first-order chi connectivity index (χ1) is 14.0. The predicted octanol–water partition coefficient (Wildman–Crippen LogP) is 2.09. The number of aryl methyl sites for hydroxylation is 1. The van der Waals surface area contributed by atoms with Crippen molar-refractivity contribution in [1.82, 2.24) is 24.0 Å². The molecule has 1 fully saturated rings. The zero-order valence-corrected chi connectivity index (χ0v) is 17.0. The van der Waals surface area contributed by atoms with Crippen molar-refractivity contribution >= 4 is 10.0 Å². The van der Waals surface area contributed by atoms with Crippen LogP contribution < -0.4 is 0 Å². The van der Waals surface area contributed by atoms with Crippen molar-refractivity contribution < 1.29 is 17.7 Å². The minimum absolute atomic E-state index is 0.0665. The maximum atomic E-state index is 12.7. The summed E-state index contributed by atoms with van der Waals surface area (Å²) >= 11 is 0. The number of rotatable bonds is 7. The third kappa shape index (κ3) is 4.55. The molecule has 9 nitrogen and oxygen atoms in total. The Labute approximate surface area is 169 Å². The Morgan fingerprint density at radius 1 is 1.17 bits per heavy atom. The molecule has 0 radical (unpaired) electrons. The van der Waals surface area contributed by atoms with Crippen LogP contribution in [0.1, 0.15) is 36.0 Å². The minimum atomic E-state index is -3.56. The monoisotopic (exact) mass is 417 g/mol. The average Bonchev–Trinajstić information content (AvgIpc) is 3.39. The largest absolute Gasteiger partial charge is 0.367 e. The smallest absolute Gasteiger partial charge is 0.262 e. The first-order valence-corrected chi connectivity index (χ1v) is 10.9. The van der Waals surface area contributed by atoms with Gasteiger partial charge in [-0.05, 0) is 18.4 Å². The Kier molecular flexibility index (Phi) is 5.74. The van der Waals surface area contributed by atoms with Gasteiger partial charge in [-0.2, -0.15) is 9.29 Å². The van der Waals surface area contributed by atoms with Crippen LogP contribution in [0.5, 0.6) is 0 Å². The molecule has 2 aromatic heterocycles. The maximum Gasteiger partial charge on any atom is 0.262 e. The molecule has 0 amide bonds. The van der Waals surface area contributed by atoms with Crippen LogP contribution in [0.2, 0.25) is 0 Å². The van der Waals surface area contributed by atoms with E-state index in [0.29, 0.717) is 44.3 Å². The highest BCUT2D eigenvalue weighted by atomic mass is 32.2. The van der Waals surface area contributed by atoms with E-state index in [1.54, 1.807) is 11.6 Å². The zero-order chi connectivity index (χ0) is 20.3. The van der Waals surface area contributed by atoms with E-state index in [4.69, 9.17) is 9.26 Å². The van der Waals surface area contributed by atoms with Crippen molar-refractivity contribution in [1.29, 1.82) is 0 Å². The van der Waals surface area contributed by atoms with Gasteiger partial charge < -0.3 is 13.8 Å². The van der Waals surface area contributed by atoms with Gasteiger partial charge in [-0.1, -0.05) is 35.5 Å². The molecular weight excluding hydrogens is 394 g/mol. The molecule has 154 valence electrons. The van der Waals surface area contributed by atoms with E-state index in [9.17, 15) is 8.42 Å². The molecule has 10 heteroatoms. The predicted molar refractivity (Wildman–Crippen MR) is 103 cm³/mol. The Hall–Kier alpha value is -2.56. The van der Waals surface area contributed by atoms with Gasteiger partial charge in [0.15, 0.2) is 10.9 Å². The summed E-state index contributed by atoms with van der Waals surface area (Å²) in [6.07, 6.45) is 4.27. The van der Waals surface area contributed by atoms with E-state index in [2.05, 4.69) is 15.1 Å². The summed E-state index contributed by atoms with van der Waals surface area (Å²) in [5.74, 6) is 1.11. The highest BCUT2D eigenvalue weighted by Gasteiger charge is 2.32. The molecule has 3 aromatic rings. The number of piperidine rings is 1. The van der Waals surface area contributed by atoms with Crippen LogP contribution in [0.15, 0.2) is 52.4 Å². The average molecular weight is 417 g/mol. The molecule has 0 saturated carbocycles. The van der Waals surface area contributed by atoms with Crippen LogP contribution in [0.3, 0.4) is 0 Å². The third-order valence-electron chi connectivity index (χ3n) is 4.93. The first kappa shape index (κ1) is 19.7. The number of hydrogen-bond donors (Lipinski definition) is 0. The first-order valence-electron chi connectivity index (χ1n) is 9.44. The summed E-state index contributed by atoms with van der Waals surface area (Å²) in [6.45, 7) is 1.52. The van der Waals surface area contributed by atoms with Gasteiger partial charge in [-0.25, -0.2) is 13.4 Å². The summed E-state index contributed by atoms with van der Waals surface area (Å²) in [5, 5.41) is 4.14. The van der Waals surface area contributed by atoms with Crippen molar-refractivity contribution in [2.24, 2.45) is 7.05 Å². The molecule has 1 aromatic carbocycles. The second-order valence-electron chi connectivity index (χ2n) is 7.08. The molecule has 1 aliphatic heterocycles. The fourth-order valence-corrected chi connectivity index (χ4v) is 4.77. The van der Waals surface area contributed by atoms with Crippen molar-refractivity contribution in [3.8, 4) is 0 Å². The Morgan fingerprint density at radius 3 is 2.62 bits per heavy atom. The lowest BCUT2D eigenvalue weighted by Crippen LogP contribution is -2.38. The minimum Gasteiger partial charge on any atom is -0.367 e. The summed E-state index contributed by atoms with van der Waals surface area (Å²) in [7, 11) is -1.82. The van der Waals surface area contributed by atoms with Gasteiger partial charge in [0.1, 0.15) is 6.61 Å². The lowest BCUT2D eigenvalue weighted by Gasteiger charge is -2.29. The van der Waals surface area contributed by atoms with Gasteiger partial charge in [0.2, 0.25) is 0 Å². The molecule has 4 rings (SSSR count). The number of ether oxygens (including phenoxy) is 1. The molecule has 1 aliphatic rings. The number of benzene rings is 1. The number of sulfonamides is 1. The van der Waals surface area contributed by atoms with Gasteiger partial charge in [0.25, 0.3) is 15.9 Å². The normalized spacial score (nSPS) is 16.3. The lowest BCUT2D eigenvalue weighted by atomic mass is 9.98. The quantitative estimate of drug-likeness (QED) is 0.580. The molecule has 0 spiro atoms. The molecule has 0 atom stereocenters. The van der Waals surface area contributed by atoms with Gasteiger partial charge in [0, 0.05) is 32.3 Å². The Bertz CT molecular complexity index is 1040. The molecule has 1 saturated heterocycles. The van der Waals surface area contributed by atoms with Crippen molar-refractivity contribution in [2.75, 3.05) is 13.1 Å². The van der Waals surface area contributed by atoms with Crippen molar-refractivity contribution in [2.45, 2.75) is 37.0 Å². The van der Waals surface area contributed by atoms with Crippen molar-refractivity contribution in [3.63, 3.8) is 0 Å². The van der Waals surface area contributed by atoms with Gasteiger partial charge >= 0.3 is 0 Å². The SMILES string of the molecule is Cn1cnc(S(=O)(=O)N2CCC(c3noc(COCc4ccccc4)n3)CC2)c1. The van der Waals surface area contributed by atoms with Crippen LogP contribution >= 0.6 is 0 Å². The second-order valence-corrected chi connectivity index (χ2v) is 8.97. The standard InChI is InChI=1S/C19H23N5O4S/c1-23-11-18(20-14-23)29(25,26)24-9-7-16(8-10-24)19-21-17(28-22-19)13-27-12-15-5-3-2-4-6-15/h2-6,11,14,16H,7-10,12-13H2,1H3. The number of imidazole rings is 1. The summed E-state index contributed by atoms with van der Waals surface area (Å²) < 4.78 is 39.3. The number of nitrogens with zero attached hydrogens (tertiary/aromatic N) is 5. The fourth-order valence-electron chi connectivity index (χ4n) is 3.33. The van der Waals surface area contributed by atoms with E-state index in [1.165, 1.54) is 16.8 Å². The van der Waals surface area contributed by atoms with Crippen LogP contribution in [-0.2, 0) is 35.0 Å². The van der Waals surface area contributed by atoms with Gasteiger partial charge in [0.05, 0.1) is 12.9 Å². The van der Waals surface area contributed by atoms with Crippen molar-refractivity contribution in [3.05, 3.63) is 60.1 Å². The molecule has 0 unspecified atom stereocenters. The fraction of sp³-hybridized carbons (Fsp3) is 0.421. The Morgan fingerprint density at radius 2 is 1.93 bits per heavy atom. The van der Waals surface area contributed by atoms with Crippen LogP contribution in [-0.4, -0.2) is 45.5 Å². The van der Waals surface area contributed by atoms with Crippen LogP contribution in [0, 0.1) is 0 Å². The zero-order valence-electron chi connectivity index (χ0n) is 16.1. The number of hydrogen-bond acceptors (Lipinski definition) is 7. The van der Waals surface area contributed by atoms with E-state index in [-0.39, 0.29) is 17.6 Å². The lowest BCUT2D eigenvalue weighted by molar-refractivity contribution is 0.0850. The van der Waals surface area contributed by atoms with Crippen LogP contribution in [0.4, 0.5) is 0 Å². The summed E-state index contributed by atoms with van der Waals surface area (Å²) in [5.41, 5.74) is 1.08. The van der Waals surface area contributed by atoms with E-state index >= 15 is 0 Å². The Balaban J connectivity index is 1.30. The molecule has 0 aliphatic carbocycles. The molecule has 0 bridgehead atoms. The molecular formula is C19H23N5O4S. The maximum absolute atomic E-state index is 12.7. The summed E-state index contributed by atoms with van der Waals surface area (Å²) in [4.78, 5) is 8.40. The van der Waals surface area contributed by atoms with Gasteiger partial charge in [-0.3, -0.25) is 0 Å². The second kappa shape index (κ2) is 8.44. The van der Waals surface area contributed by atoms with Gasteiger partial charge in [-0.15, -0.1) is 0 Å². The molecule has 3 heterocycles. The molecule has 29 heavy (non-hydrogen) atoms. The molecule has 0 N–H and O–H groups in total. The van der Waals surface area contributed by atoms with E-state index in [1.807, 2.05) is 30.3 Å². The highest BCUT2D eigenvalue weighted by Crippen LogP contribution is 2.29. The van der Waals surface area contributed by atoms with E-state index in [0.717, 1.165) is 5.56 Å².